The van der Waals surface area contributed by atoms with E-state index in [4.69, 9.17) is 4.52 Å². The molecule has 2 amide bonds. The standard InChI is InChI=1S/C19H21N5O2S/c1-3-20-19(25)24-6-4-15-14(10-24)9-21-12(2)17(15)18-22-16(26-23-18)8-13-5-7-27-11-13/h5,7,9,11H,3-4,6,8,10H2,1-2H3,(H,20,25). The van der Waals surface area contributed by atoms with Crippen molar-refractivity contribution in [3.63, 3.8) is 0 Å². The van der Waals surface area contributed by atoms with E-state index in [0.29, 0.717) is 37.8 Å². The molecule has 4 rings (SSSR count). The van der Waals surface area contributed by atoms with Gasteiger partial charge in [0.25, 0.3) is 0 Å². The molecule has 0 saturated heterocycles. The number of urea groups is 1. The molecular formula is C19H21N5O2S. The van der Waals surface area contributed by atoms with Gasteiger partial charge in [-0.05, 0) is 53.8 Å². The van der Waals surface area contributed by atoms with Gasteiger partial charge in [0.05, 0.1) is 6.42 Å². The Bertz CT molecular complexity index is 951. The van der Waals surface area contributed by atoms with Crippen LogP contribution in [0.1, 0.15) is 35.2 Å². The van der Waals surface area contributed by atoms with Crippen molar-refractivity contribution in [1.29, 1.82) is 0 Å². The predicted molar refractivity (Wildman–Crippen MR) is 103 cm³/mol. The first kappa shape index (κ1) is 17.7. The minimum Gasteiger partial charge on any atom is -0.339 e. The molecule has 1 aliphatic rings. The highest BCUT2D eigenvalue weighted by molar-refractivity contribution is 7.07. The van der Waals surface area contributed by atoms with E-state index in [0.717, 1.165) is 34.4 Å². The van der Waals surface area contributed by atoms with Crippen molar-refractivity contribution in [2.24, 2.45) is 0 Å². The van der Waals surface area contributed by atoms with Crippen LogP contribution in [0.15, 0.2) is 27.5 Å². The summed E-state index contributed by atoms with van der Waals surface area (Å²) in [5.41, 5.74) is 5.17. The molecule has 0 bridgehead atoms. The van der Waals surface area contributed by atoms with Crippen LogP contribution in [-0.2, 0) is 19.4 Å². The molecule has 8 heteroatoms. The molecule has 3 aromatic heterocycles. The van der Waals surface area contributed by atoms with E-state index < -0.39 is 0 Å². The van der Waals surface area contributed by atoms with Gasteiger partial charge in [-0.3, -0.25) is 4.98 Å². The smallest absolute Gasteiger partial charge is 0.317 e. The van der Waals surface area contributed by atoms with Gasteiger partial charge in [-0.15, -0.1) is 0 Å². The van der Waals surface area contributed by atoms with E-state index in [1.165, 1.54) is 0 Å². The van der Waals surface area contributed by atoms with Crippen molar-refractivity contribution in [3.05, 3.63) is 51.3 Å². The van der Waals surface area contributed by atoms with Crippen LogP contribution in [0.3, 0.4) is 0 Å². The zero-order valence-corrected chi connectivity index (χ0v) is 16.2. The number of hydrogen-bond donors (Lipinski definition) is 1. The number of rotatable bonds is 4. The Balaban J connectivity index is 1.62. The minimum absolute atomic E-state index is 0.0390. The molecule has 0 aromatic carbocycles. The maximum atomic E-state index is 12.1. The van der Waals surface area contributed by atoms with Crippen LogP contribution in [-0.4, -0.2) is 39.1 Å². The number of aromatic nitrogens is 3. The predicted octanol–water partition coefficient (Wildman–Crippen LogP) is 3.18. The zero-order valence-electron chi connectivity index (χ0n) is 15.4. The summed E-state index contributed by atoms with van der Waals surface area (Å²) in [5, 5.41) is 11.2. The maximum absolute atomic E-state index is 12.1. The normalized spacial score (nSPS) is 13.5. The minimum atomic E-state index is -0.0390. The van der Waals surface area contributed by atoms with Gasteiger partial charge in [0.15, 0.2) is 0 Å². The van der Waals surface area contributed by atoms with Gasteiger partial charge in [-0.2, -0.15) is 16.3 Å². The highest BCUT2D eigenvalue weighted by atomic mass is 32.1. The maximum Gasteiger partial charge on any atom is 0.317 e. The molecule has 0 unspecified atom stereocenters. The highest BCUT2D eigenvalue weighted by Gasteiger charge is 2.26. The Morgan fingerprint density at radius 3 is 3.11 bits per heavy atom. The number of amides is 2. The second-order valence-electron chi connectivity index (χ2n) is 6.55. The summed E-state index contributed by atoms with van der Waals surface area (Å²) >= 11 is 1.65. The summed E-state index contributed by atoms with van der Waals surface area (Å²) < 4.78 is 5.47. The first-order chi connectivity index (χ1) is 13.2. The third-order valence-corrected chi connectivity index (χ3v) is 5.43. The topological polar surface area (TPSA) is 84.2 Å². The molecule has 0 fully saturated rings. The van der Waals surface area contributed by atoms with E-state index in [1.807, 2.05) is 30.3 Å². The van der Waals surface area contributed by atoms with Crippen molar-refractivity contribution in [1.82, 2.24) is 25.3 Å². The number of pyridine rings is 1. The summed E-state index contributed by atoms with van der Waals surface area (Å²) in [6, 6.07) is 2.02. The van der Waals surface area contributed by atoms with Crippen molar-refractivity contribution >= 4 is 17.4 Å². The Labute approximate surface area is 161 Å². The SMILES string of the molecule is CCNC(=O)N1CCc2c(cnc(C)c2-c2noc(Cc3ccsc3)n2)C1. The first-order valence-corrected chi connectivity index (χ1v) is 9.94. The lowest BCUT2D eigenvalue weighted by Gasteiger charge is -2.29. The Hall–Kier alpha value is -2.74. The average molecular weight is 383 g/mol. The summed E-state index contributed by atoms with van der Waals surface area (Å²) in [4.78, 5) is 23.1. The largest absolute Gasteiger partial charge is 0.339 e. The average Bonchev–Trinajstić information content (AvgIpc) is 3.34. The van der Waals surface area contributed by atoms with Crippen LogP contribution in [0.2, 0.25) is 0 Å². The number of aryl methyl sites for hydroxylation is 1. The van der Waals surface area contributed by atoms with Crippen molar-refractivity contribution in [2.45, 2.75) is 33.2 Å². The lowest BCUT2D eigenvalue weighted by molar-refractivity contribution is 0.193. The Kier molecular flexibility index (Phi) is 4.89. The third-order valence-electron chi connectivity index (χ3n) is 4.70. The molecule has 1 N–H and O–H groups in total. The summed E-state index contributed by atoms with van der Waals surface area (Å²) in [7, 11) is 0. The van der Waals surface area contributed by atoms with Gasteiger partial charge >= 0.3 is 6.03 Å². The van der Waals surface area contributed by atoms with Gasteiger partial charge in [0.1, 0.15) is 0 Å². The molecule has 7 nitrogen and oxygen atoms in total. The number of nitrogens with one attached hydrogen (secondary N) is 1. The van der Waals surface area contributed by atoms with E-state index >= 15 is 0 Å². The lowest BCUT2D eigenvalue weighted by Crippen LogP contribution is -2.42. The van der Waals surface area contributed by atoms with E-state index in [2.05, 4.69) is 31.9 Å². The van der Waals surface area contributed by atoms with Crippen LogP contribution in [0.25, 0.3) is 11.4 Å². The number of fused-ring (bicyclic) bond motifs is 1. The second-order valence-corrected chi connectivity index (χ2v) is 7.33. The molecule has 4 heterocycles. The number of nitrogens with zero attached hydrogens (tertiary/aromatic N) is 4. The number of thiophene rings is 1. The van der Waals surface area contributed by atoms with Crippen molar-refractivity contribution in [3.8, 4) is 11.4 Å². The highest BCUT2D eigenvalue weighted by Crippen LogP contribution is 2.30. The fourth-order valence-corrected chi connectivity index (χ4v) is 4.05. The van der Waals surface area contributed by atoms with Crippen molar-refractivity contribution in [2.75, 3.05) is 13.1 Å². The molecule has 27 heavy (non-hydrogen) atoms. The number of hydrogen-bond acceptors (Lipinski definition) is 6. The lowest BCUT2D eigenvalue weighted by atomic mass is 9.94. The molecule has 3 aromatic rings. The van der Waals surface area contributed by atoms with Gasteiger partial charge in [0, 0.05) is 37.1 Å². The molecular weight excluding hydrogens is 362 g/mol. The van der Waals surface area contributed by atoms with Crippen LogP contribution >= 0.6 is 11.3 Å². The fraction of sp³-hybridized carbons (Fsp3) is 0.368. The molecule has 0 radical (unpaired) electrons. The second kappa shape index (κ2) is 7.48. The number of carbonyl (C=O) groups excluding carboxylic acids is 1. The molecule has 0 atom stereocenters. The summed E-state index contributed by atoms with van der Waals surface area (Å²) in [6.45, 7) is 5.70. The summed E-state index contributed by atoms with van der Waals surface area (Å²) in [6.07, 6.45) is 3.23. The van der Waals surface area contributed by atoms with Gasteiger partial charge < -0.3 is 14.7 Å². The monoisotopic (exact) mass is 383 g/mol. The van der Waals surface area contributed by atoms with Gasteiger partial charge in [-0.1, -0.05) is 5.16 Å². The molecule has 0 aliphatic carbocycles. The number of carbonyl (C=O) groups is 1. The van der Waals surface area contributed by atoms with Crippen LogP contribution < -0.4 is 5.32 Å². The third kappa shape index (κ3) is 3.57. The molecule has 1 aliphatic heterocycles. The molecule has 0 spiro atoms. The van der Waals surface area contributed by atoms with Crippen LogP contribution in [0.5, 0.6) is 0 Å². The van der Waals surface area contributed by atoms with E-state index in [9.17, 15) is 4.79 Å². The zero-order chi connectivity index (χ0) is 18.8. The van der Waals surface area contributed by atoms with Crippen molar-refractivity contribution < 1.29 is 9.32 Å². The fourth-order valence-electron chi connectivity index (χ4n) is 3.38. The van der Waals surface area contributed by atoms with Crippen LogP contribution in [0, 0.1) is 6.92 Å². The van der Waals surface area contributed by atoms with Gasteiger partial charge in [0.2, 0.25) is 11.7 Å². The molecule has 140 valence electrons. The Morgan fingerprint density at radius 1 is 1.44 bits per heavy atom. The van der Waals surface area contributed by atoms with E-state index in [1.54, 1.807) is 11.3 Å². The van der Waals surface area contributed by atoms with Gasteiger partial charge in [-0.25, -0.2) is 4.79 Å². The first-order valence-electron chi connectivity index (χ1n) is 9.00. The van der Waals surface area contributed by atoms with Crippen LogP contribution in [0.4, 0.5) is 4.79 Å². The summed E-state index contributed by atoms with van der Waals surface area (Å²) in [5.74, 6) is 1.17. The van der Waals surface area contributed by atoms with E-state index in [-0.39, 0.29) is 6.03 Å². The quantitative estimate of drug-likeness (QED) is 0.748. The Morgan fingerprint density at radius 2 is 2.33 bits per heavy atom. The molecule has 0 saturated carbocycles.